The molecule has 110 valence electrons. The largest absolute Gasteiger partial charge is 0.378 e. The molecule has 7 heteroatoms. The summed E-state index contributed by atoms with van der Waals surface area (Å²) in [5, 5.41) is 2.89. The molecule has 1 aromatic rings. The minimum absolute atomic E-state index is 0.0440. The van der Waals surface area contributed by atoms with E-state index in [0.29, 0.717) is 6.61 Å². The van der Waals surface area contributed by atoms with Crippen LogP contribution in [0.3, 0.4) is 0 Å². The average molecular weight is 318 g/mol. The van der Waals surface area contributed by atoms with Gasteiger partial charge in [-0.05, 0) is 38.0 Å². The second-order valence-electron chi connectivity index (χ2n) is 4.84. The molecule has 0 aromatic heterocycles. The number of hydrogen-bond donors (Lipinski definition) is 1. The van der Waals surface area contributed by atoms with Gasteiger partial charge in [0.2, 0.25) is 0 Å². The van der Waals surface area contributed by atoms with Crippen LogP contribution >= 0.6 is 10.7 Å². The van der Waals surface area contributed by atoms with E-state index in [4.69, 9.17) is 15.4 Å². The average Bonchev–Trinajstić information content (AvgIpc) is 2.38. The monoisotopic (exact) mass is 317 g/mol. The summed E-state index contributed by atoms with van der Waals surface area (Å²) in [4.78, 5) is 12.0. The normalized spacial score (nSPS) is 23.3. The molecule has 0 radical (unpaired) electrons. The van der Waals surface area contributed by atoms with Gasteiger partial charge < -0.3 is 10.1 Å². The zero-order chi connectivity index (χ0) is 14.8. The van der Waals surface area contributed by atoms with E-state index in [9.17, 15) is 13.2 Å². The van der Waals surface area contributed by atoms with Gasteiger partial charge in [-0.3, -0.25) is 4.79 Å². The standard InChI is InChI=1S/C13H16ClNO4S/c1-9-7-11(5-6-19-9)15-13(16)10-3-2-4-12(8-10)20(14,17)18/h2-4,8-9,11H,5-7H2,1H3,(H,15,16). The van der Waals surface area contributed by atoms with Crippen LogP contribution in [0.5, 0.6) is 0 Å². The van der Waals surface area contributed by atoms with E-state index in [1.807, 2.05) is 6.92 Å². The van der Waals surface area contributed by atoms with Crippen LogP contribution < -0.4 is 5.32 Å². The number of benzene rings is 1. The number of carbonyl (C=O) groups excluding carboxylic acids is 1. The van der Waals surface area contributed by atoms with Crippen LogP contribution in [0.1, 0.15) is 30.1 Å². The molecule has 2 atom stereocenters. The minimum Gasteiger partial charge on any atom is -0.378 e. The predicted molar refractivity (Wildman–Crippen MR) is 75.4 cm³/mol. The van der Waals surface area contributed by atoms with E-state index in [0.717, 1.165) is 12.8 Å². The minimum atomic E-state index is -3.83. The van der Waals surface area contributed by atoms with E-state index >= 15 is 0 Å². The van der Waals surface area contributed by atoms with E-state index in [1.54, 1.807) is 6.07 Å². The third kappa shape index (κ3) is 3.94. The molecule has 1 aliphatic rings. The van der Waals surface area contributed by atoms with Gasteiger partial charge >= 0.3 is 0 Å². The van der Waals surface area contributed by atoms with E-state index in [-0.39, 0.29) is 28.5 Å². The van der Waals surface area contributed by atoms with Gasteiger partial charge in [-0.1, -0.05) is 6.07 Å². The Balaban J connectivity index is 2.09. The first-order valence-corrected chi connectivity index (χ1v) is 8.64. The first-order chi connectivity index (χ1) is 9.36. The lowest BCUT2D eigenvalue weighted by atomic mass is 10.0. The lowest BCUT2D eigenvalue weighted by Gasteiger charge is -2.27. The highest BCUT2D eigenvalue weighted by molar-refractivity contribution is 8.13. The Morgan fingerprint density at radius 2 is 2.20 bits per heavy atom. The Kier molecular flexibility index (Phi) is 4.67. The number of carbonyl (C=O) groups is 1. The van der Waals surface area contributed by atoms with E-state index < -0.39 is 9.05 Å². The maximum absolute atomic E-state index is 12.1. The quantitative estimate of drug-likeness (QED) is 0.864. The van der Waals surface area contributed by atoms with Gasteiger partial charge in [-0.2, -0.15) is 0 Å². The summed E-state index contributed by atoms with van der Waals surface area (Å²) in [5.41, 5.74) is 0.283. The van der Waals surface area contributed by atoms with Crippen molar-refractivity contribution in [2.24, 2.45) is 0 Å². The molecule has 20 heavy (non-hydrogen) atoms. The highest BCUT2D eigenvalue weighted by Crippen LogP contribution is 2.17. The summed E-state index contributed by atoms with van der Waals surface area (Å²) >= 11 is 0. The zero-order valence-corrected chi connectivity index (χ0v) is 12.6. The van der Waals surface area contributed by atoms with Crippen LogP contribution in [0, 0.1) is 0 Å². The van der Waals surface area contributed by atoms with E-state index in [1.165, 1.54) is 18.2 Å². The van der Waals surface area contributed by atoms with Crippen LogP contribution in [0.15, 0.2) is 29.2 Å². The van der Waals surface area contributed by atoms with Crippen molar-refractivity contribution in [3.8, 4) is 0 Å². The first-order valence-electron chi connectivity index (χ1n) is 6.33. The number of rotatable bonds is 3. The molecule has 0 saturated carbocycles. The molecular formula is C13H16ClNO4S. The molecule has 0 aliphatic carbocycles. The molecule has 1 fully saturated rings. The van der Waals surface area contributed by atoms with Crippen LogP contribution in [0.2, 0.25) is 0 Å². The van der Waals surface area contributed by atoms with Gasteiger partial charge in [-0.15, -0.1) is 0 Å². The topological polar surface area (TPSA) is 72.5 Å². The number of hydrogen-bond acceptors (Lipinski definition) is 4. The van der Waals surface area contributed by atoms with Crippen molar-refractivity contribution in [1.29, 1.82) is 0 Å². The Bertz CT molecular complexity index is 602. The Hall–Kier alpha value is -1.11. The highest BCUT2D eigenvalue weighted by Gasteiger charge is 2.22. The van der Waals surface area contributed by atoms with E-state index in [2.05, 4.69) is 5.32 Å². The molecular weight excluding hydrogens is 302 g/mol. The molecule has 1 aliphatic heterocycles. The maximum atomic E-state index is 12.1. The van der Waals surface area contributed by atoms with Gasteiger partial charge in [0, 0.05) is 28.9 Å². The summed E-state index contributed by atoms with van der Waals surface area (Å²) in [6.07, 6.45) is 1.62. The molecule has 5 nitrogen and oxygen atoms in total. The predicted octanol–water partition coefficient (Wildman–Crippen LogP) is 1.91. The fraction of sp³-hybridized carbons (Fsp3) is 0.462. The third-order valence-corrected chi connectivity index (χ3v) is 4.55. The number of nitrogens with one attached hydrogen (secondary N) is 1. The summed E-state index contributed by atoms with van der Waals surface area (Å²) in [6.45, 7) is 2.57. The van der Waals surface area contributed by atoms with Gasteiger partial charge in [-0.25, -0.2) is 8.42 Å². The first kappa shape index (κ1) is 15.3. The third-order valence-electron chi connectivity index (χ3n) is 3.20. The molecule has 2 rings (SSSR count). The van der Waals surface area contributed by atoms with Crippen molar-refractivity contribution < 1.29 is 17.9 Å². The molecule has 2 unspecified atom stereocenters. The smallest absolute Gasteiger partial charge is 0.261 e. The number of halogens is 1. The number of amides is 1. The molecule has 1 saturated heterocycles. The van der Waals surface area contributed by atoms with Gasteiger partial charge in [0.05, 0.1) is 11.0 Å². The fourth-order valence-corrected chi connectivity index (χ4v) is 2.98. The van der Waals surface area contributed by atoms with Gasteiger partial charge in [0.1, 0.15) is 0 Å². The second-order valence-corrected chi connectivity index (χ2v) is 7.41. The molecule has 0 spiro atoms. The molecule has 1 amide bonds. The molecule has 0 bridgehead atoms. The van der Waals surface area contributed by atoms with Crippen molar-refractivity contribution in [1.82, 2.24) is 5.32 Å². The fourth-order valence-electron chi connectivity index (χ4n) is 2.19. The molecule has 1 aromatic carbocycles. The van der Waals surface area contributed by atoms with Crippen molar-refractivity contribution in [2.45, 2.75) is 36.8 Å². The van der Waals surface area contributed by atoms with Gasteiger partial charge in [0.15, 0.2) is 0 Å². The Morgan fingerprint density at radius 1 is 1.45 bits per heavy atom. The van der Waals surface area contributed by atoms with Crippen molar-refractivity contribution in [3.05, 3.63) is 29.8 Å². The summed E-state index contributed by atoms with van der Waals surface area (Å²) in [6, 6.07) is 5.73. The maximum Gasteiger partial charge on any atom is 0.261 e. The van der Waals surface area contributed by atoms with Crippen molar-refractivity contribution >= 4 is 25.6 Å². The zero-order valence-electron chi connectivity index (χ0n) is 11.0. The summed E-state index contributed by atoms with van der Waals surface area (Å²) in [5.74, 6) is -0.300. The second kappa shape index (κ2) is 6.11. The van der Waals surface area contributed by atoms with Crippen LogP contribution in [-0.4, -0.2) is 33.1 Å². The summed E-state index contributed by atoms with van der Waals surface area (Å²) in [7, 11) is 1.44. The SMILES string of the molecule is CC1CC(NC(=O)c2cccc(S(=O)(=O)Cl)c2)CCO1. The highest BCUT2D eigenvalue weighted by atomic mass is 35.7. The lowest BCUT2D eigenvalue weighted by molar-refractivity contribution is 0.0136. The van der Waals surface area contributed by atoms with Crippen molar-refractivity contribution in [2.75, 3.05) is 6.61 Å². The molecule has 1 N–H and O–H groups in total. The molecule has 1 heterocycles. The van der Waals surface area contributed by atoms with Crippen LogP contribution in [-0.2, 0) is 13.8 Å². The summed E-state index contributed by atoms with van der Waals surface area (Å²) < 4.78 is 27.9. The Labute approximate surface area is 122 Å². The van der Waals surface area contributed by atoms with Crippen LogP contribution in [0.25, 0.3) is 0 Å². The number of ether oxygens (including phenoxy) is 1. The van der Waals surface area contributed by atoms with Crippen molar-refractivity contribution in [3.63, 3.8) is 0 Å². The Morgan fingerprint density at radius 3 is 2.85 bits per heavy atom. The van der Waals surface area contributed by atoms with Crippen LogP contribution in [0.4, 0.5) is 0 Å². The lowest BCUT2D eigenvalue weighted by Crippen LogP contribution is -2.41. The van der Waals surface area contributed by atoms with Gasteiger partial charge in [0.25, 0.3) is 15.0 Å².